The van der Waals surface area contributed by atoms with Crippen LogP contribution in [-0.2, 0) is 0 Å². The summed E-state index contributed by atoms with van der Waals surface area (Å²) in [5.74, 6) is 13.3. The Morgan fingerprint density at radius 1 is 0.850 bits per heavy atom. The van der Waals surface area contributed by atoms with E-state index in [9.17, 15) is 0 Å². The Hall–Kier alpha value is -2.96. The van der Waals surface area contributed by atoms with Gasteiger partial charge in [0.15, 0.2) is 0 Å². The summed E-state index contributed by atoms with van der Waals surface area (Å²) in [5, 5.41) is 0. The van der Waals surface area contributed by atoms with Crippen LogP contribution >= 0.6 is 0 Å². The van der Waals surface area contributed by atoms with Gasteiger partial charge in [0, 0.05) is 12.3 Å². The van der Waals surface area contributed by atoms with Crippen molar-refractivity contribution < 1.29 is 0 Å². The lowest BCUT2D eigenvalue weighted by atomic mass is 9.72. The van der Waals surface area contributed by atoms with Gasteiger partial charge in [-0.1, -0.05) is 117 Å². The SMILES string of the molecule is CC1=C(/C=C/C(C)=C\C=C\C(C)C#CC/C=C(\C)C#C/C=C(C)/C=C/C2=C(C)CCCC2(C)C)C(C)(C)CCC1. The third kappa shape index (κ3) is 11.3. The van der Waals surface area contributed by atoms with E-state index in [-0.39, 0.29) is 16.7 Å². The Balaban J connectivity index is 1.86. The van der Waals surface area contributed by atoms with Gasteiger partial charge in [-0.25, -0.2) is 0 Å². The Kier molecular flexibility index (Phi) is 13.1. The lowest BCUT2D eigenvalue weighted by Gasteiger charge is -2.32. The standard InChI is InChI=1S/C40H54/c1-31(19-13-21-33(3)25-27-37-35(5)23-15-29-39(37,7)8)17-11-12-18-32(2)20-14-22-34(4)26-28-38-36(6)24-16-30-40(38,9)10/h14,17,20-22,25-28,32H,11,15-16,23-24,29-30H2,1-10H3/b20-14+,27-25+,28-26+,31-17+,33-21+,34-22-. The highest BCUT2D eigenvalue weighted by molar-refractivity contribution is 5.40. The first-order valence-corrected chi connectivity index (χ1v) is 15.3. The third-order valence-corrected chi connectivity index (χ3v) is 8.28. The van der Waals surface area contributed by atoms with Gasteiger partial charge >= 0.3 is 0 Å². The molecule has 0 aromatic carbocycles. The van der Waals surface area contributed by atoms with E-state index in [0.29, 0.717) is 0 Å². The predicted octanol–water partition coefficient (Wildman–Crippen LogP) is 11.6. The molecular weight excluding hydrogens is 480 g/mol. The fourth-order valence-electron chi connectivity index (χ4n) is 5.71. The van der Waals surface area contributed by atoms with E-state index in [2.05, 4.69) is 142 Å². The van der Waals surface area contributed by atoms with Crippen LogP contribution in [0.3, 0.4) is 0 Å². The van der Waals surface area contributed by atoms with Crippen LogP contribution in [0.25, 0.3) is 0 Å². The first-order chi connectivity index (χ1) is 18.8. The minimum Gasteiger partial charge on any atom is -0.0985 e. The number of allylic oxidation sites excluding steroid dienone is 16. The number of hydrogen-bond donors (Lipinski definition) is 0. The van der Waals surface area contributed by atoms with E-state index < -0.39 is 0 Å². The van der Waals surface area contributed by atoms with Crippen LogP contribution < -0.4 is 0 Å². The van der Waals surface area contributed by atoms with Gasteiger partial charge in [-0.05, 0) is 119 Å². The molecule has 40 heavy (non-hydrogen) atoms. The van der Waals surface area contributed by atoms with Crippen molar-refractivity contribution in [1.82, 2.24) is 0 Å². The van der Waals surface area contributed by atoms with Crippen molar-refractivity contribution in [2.45, 2.75) is 114 Å². The molecule has 2 aliphatic carbocycles. The van der Waals surface area contributed by atoms with Gasteiger partial charge in [0.1, 0.15) is 0 Å². The van der Waals surface area contributed by atoms with Gasteiger partial charge in [0.05, 0.1) is 0 Å². The summed E-state index contributed by atoms with van der Waals surface area (Å²) >= 11 is 0. The zero-order valence-electron chi connectivity index (χ0n) is 27.2. The second-order valence-electron chi connectivity index (χ2n) is 13.2. The topological polar surface area (TPSA) is 0 Å². The second kappa shape index (κ2) is 15.7. The molecule has 0 spiro atoms. The smallest absolute Gasteiger partial charge is 0.0357 e. The summed E-state index contributed by atoms with van der Waals surface area (Å²) in [6.45, 7) is 22.5. The Bertz CT molecular complexity index is 1260. The van der Waals surface area contributed by atoms with Crippen LogP contribution in [0.4, 0.5) is 0 Å². The molecule has 0 saturated heterocycles. The molecule has 0 bridgehead atoms. The summed E-state index contributed by atoms with van der Waals surface area (Å²) in [7, 11) is 0. The second-order valence-corrected chi connectivity index (χ2v) is 13.2. The highest BCUT2D eigenvalue weighted by atomic mass is 14.3. The van der Waals surface area contributed by atoms with Crippen LogP contribution in [0.1, 0.15) is 114 Å². The maximum Gasteiger partial charge on any atom is 0.0357 e. The van der Waals surface area contributed by atoms with Gasteiger partial charge in [-0.3, -0.25) is 0 Å². The van der Waals surface area contributed by atoms with Crippen LogP contribution in [-0.4, -0.2) is 0 Å². The lowest BCUT2D eigenvalue weighted by Crippen LogP contribution is -2.19. The molecule has 0 heteroatoms. The maximum absolute atomic E-state index is 3.33. The van der Waals surface area contributed by atoms with Crippen LogP contribution in [0.5, 0.6) is 0 Å². The van der Waals surface area contributed by atoms with Crippen molar-refractivity contribution in [1.29, 1.82) is 0 Å². The highest BCUT2D eigenvalue weighted by Crippen LogP contribution is 2.41. The molecule has 0 N–H and O–H groups in total. The minimum absolute atomic E-state index is 0.223. The van der Waals surface area contributed by atoms with Gasteiger partial charge in [0.2, 0.25) is 0 Å². The summed E-state index contributed by atoms with van der Waals surface area (Å²) in [6, 6.07) is 0. The molecular formula is C40H54. The van der Waals surface area contributed by atoms with Crippen LogP contribution in [0.2, 0.25) is 0 Å². The van der Waals surface area contributed by atoms with Crippen LogP contribution in [0, 0.1) is 40.4 Å². The van der Waals surface area contributed by atoms with Crippen LogP contribution in [0.15, 0.2) is 93.7 Å². The van der Waals surface area contributed by atoms with Crippen molar-refractivity contribution in [2.24, 2.45) is 16.7 Å². The molecule has 214 valence electrons. The van der Waals surface area contributed by atoms with E-state index in [1.807, 2.05) is 6.08 Å². The Morgan fingerprint density at radius 3 is 1.95 bits per heavy atom. The van der Waals surface area contributed by atoms with Crippen molar-refractivity contribution in [2.75, 3.05) is 0 Å². The first-order valence-electron chi connectivity index (χ1n) is 15.3. The van der Waals surface area contributed by atoms with E-state index in [4.69, 9.17) is 0 Å². The van der Waals surface area contributed by atoms with Gasteiger partial charge in [-0.2, -0.15) is 0 Å². The molecule has 1 atom stereocenters. The molecule has 1 unspecified atom stereocenters. The zero-order valence-corrected chi connectivity index (χ0v) is 27.2. The molecule has 0 nitrogen and oxygen atoms in total. The first kappa shape index (κ1) is 33.2. The van der Waals surface area contributed by atoms with Crippen molar-refractivity contribution in [3.63, 3.8) is 0 Å². The third-order valence-electron chi connectivity index (χ3n) is 8.28. The van der Waals surface area contributed by atoms with E-state index in [0.717, 1.165) is 12.0 Å². The van der Waals surface area contributed by atoms with Crippen molar-refractivity contribution in [3.05, 3.63) is 93.7 Å². The van der Waals surface area contributed by atoms with Gasteiger partial charge < -0.3 is 0 Å². The van der Waals surface area contributed by atoms with Gasteiger partial charge in [0.25, 0.3) is 0 Å². The molecule has 0 aromatic heterocycles. The molecule has 0 aliphatic heterocycles. The number of rotatable bonds is 7. The average Bonchev–Trinajstić information content (AvgIpc) is 2.85. The summed E-state index contributed by atoms with van der Waals surface area (Å²) in [5.41, 5.74) is 10.2. The largest absolute Gasteiger partial charge is 0.0985 e. The quantitative estimate of drug-likeness (QED) is 0.225. The fraction of sp³-hybridized carbons (Fsp3) is 0.500. The molecule has 0 amide bonds. The summed E-state index contributed by atoms with van der Waals surface area (Å²) in [6.07, 6.45) is 28.0. The number of hydrogen-bond acceptors (Lipinski definition) is 0. The fourth-order valence-corrected chi connectivity index (χ4v) is 5.71. The molecule has 0 heterocycles. The highest BCUT2D eigenvalue weighted by Gasteiger charge is 2.27. The van der Waals surface area contributed by atoms with E-state index >= 15 is 0 Å². The minimum atomic E-state index is 0.223. The summed E-state index contributed by atoms with van der Waals surface area (Å²) in [4.78, 5) is 0. The molecule has 2 rings (SSSR count). The maximum atomic E-state index is 3.33. The van der Waals surface area contributed by atoms with Gasteiger partial charge in [-0.15, -0.1) is 0 Å². The lowest BCUT2D eigenvalue weighted by molar-refractivity contribution is 0.376. The Labute approximate surface area is 247 Å². The molecule has 0 aromatic rings. The molecule has 0 fully saturated rings. The molecule has 2 aliphatic rings. The normalized spacial score (nSPS) is 21.1. The van der Waals surface area contributed by atoms with E-state index in [1.165, 1.54) is 66.4 Å². The molecule has 0 saturated carbocycles. The summed E-state index contributed by atoms with van der Waals surface area (Å²) < 4.78 is 0. The Morgan fingerprint density at radius 2 is 1.40 bits per heavy atom. The predicted molar refractivity (Wildman–Crippen MR) is 179 cm³/mol. The zero-order chi connectivity index (χ0) is 29.8. The van der Waals surface area contributed by atoms with E-state index in [1.54, 1.807) is 5.57 Å². The monoisotopic (exact) mass is 534 g/mol. The van der Waals surface area contributed by atoms with Crippen molar-refractivity contribution >= 4 is 0 Å². The molecule has 0 radical (unpaired) electrons. The van der Waals surface area contributed by atoms with Crippen molar-refractivity contribution in [3.8, 4) is 23.7 Å². The average molecular weight is 535 g/mol.